The van der Waals surface area contributed by atoms with Crippen LogP contribution in [0.2, 0.25) is 0 Å². The minimum absolute atomic E-state index is 0.208. The third-order valence-corrected chi connectivity index (χ3v) is 5.77. The second-order valence-corrected chi connectivity index (χ2v) is 8.01. The smallest absolute Gasteiger partial charge is 0.233 e. The lowest BCUT2D eigenvalue weighted by atomic mass is 9.90. The van der Waals surface area contributed by atoms with Gasteiger partial charge in [-0.15, -0.1) is 0 Å². The number of thioether (sulfide) groups is 1. The summed E-state index contributed by atoms with van der Waals surface area (Å²) in [5.41, 5.74) is 3.31. The van der Waals surface area contributed by atoms with Crippen LogP contribution in [0.15, 0.2) is 41.6 Å². The van der Waals surface area contributed by atoms with E-state index in [0.717, 1.165) is 49.7 Å². The number of carbonyl (C=O) groups excluding carboxylic acids is 1. The molecule has 2 aromatic rings. The number of hydrogen-bond donors (Lipinski definition) is 0. The molecule has 1 fully saturated rings. The highest BCUT2D eigenvalue weighted by Gasteiger charge is 2.22. The molecule has 0 atom stereocenters. The Kier molecular flexibility index (Phi) is 6.67. The molecule has 0 unspecified atom stereocenters. The largest absolute Gasteiger partial charge is 0.342 e. The van der Waals surface area contributed by atoms with Gasteiger partial charge in [0.25, 0.3) is 0 Å². The van der Waals surface area contributed by atoms with Gasteiger partial charge in [0.05, 0.1) is 5.75 Å². The van der Waals surface area contributed by atoms with Gasteiger partial charge in [-0.1, -0.05) is 42.1 Å². The number of hydrogen-bond acceptors (Lipinski definition) is 4. The quantitative estimate of drug-likeness (QED) is 0.569. The van der Waals surface area contributed by atoms with E-state index in [2.05, 4.69) is 40.3 Å². The molecule has 0 spiro atoms. The summed E-state index contributed by atoms with van der Waals surface area (Å²) in [6, 6.07) is 12.6. The molecule has 1 aliphatic heterocycles. The predicted molar refractivity (Wildman–Crippen MR) is 106 cm³/mol. The van der Waals surface area contributed by atoms with Gasteiger partial charge < -0.3 is 4.90 Å². The lowest BCUT2D eigenvalue weighted by Crippen LogP contribution is -2.39. The van der Waals surface area contributed by atoms with Crippen molar-refractivity contribution in [1.82, 2.24) is 14.9 Å². The third kappa shape index (κ3) is 5.56. The summed E-state index contributed by atoms with van der Waals surface area (Å²) in [4.78, 5) is 23.3. The van der Waals surface area contributed by atoms with Crippen molar-refractivity contribution in [2.75, 3.05) is 18.8 Å². The van der Waals surface area contributed by atoms with Crippen molar-refractivity contribution in [2.45, 2.75) is 44.7 Å². The SMILES string of the molecule is Cc1cc(C)nc(SCC(=O)N2CCC(CCc3ccccc3)CC2)n1. The molecule has 1 aliphatic rings. The summed E-state index contributed by atoms with van der Waals surface area (Å²) in [7, 11) is 0. The van der Waals surface area contributed by atoms with Crippen molar-refractivity contribution in [3.8, 4) is 0 Å². The van der Waals surface area contributed by atoms with Gasteiger partial charge in [-0.3, -0.25) is 4.79 Å². The normalized spacial score (nSPS) is 15.2. The molecule has 138 valence electrons. The van der Waals surface area contributed by atoms with E-state index in [-0.39, 0.29) is 5.91 Å². The highest BCUT2D eigenvalue weighted by molar-refractivity contribution is 7.99. The first kappa shape index (κ1) is 18.9. The zero-order chi connectivity index (χ0) is 18.4. The van der Waals surface area contributed by atoms with Gasteiger partial charge >= 0.3 is 0 Å². The van der Waals surface area contributed by atoms with Gasteiger partial charge in [0.15, 0.2) is 5.16 Å². The fraction of sp³-hybridized carbons (Fsp3) is 0.476. The molecule has 1 aromatic carbocycles. The fourth-order valence-electron chi connectivity index (χ4n) is 3.46. The minimum atomic E-state index is 0.208. The van der Waals surface area contributed by atoms with E-state index < -0.39 is 0 Å². The zero-order valence-corrected chi connectivity index (χ0v) is 16.5. The van der Waals surface area contributed by atoms with E-state index >= 15 is 0 Å². The van der Waals surface area contributed by atoms with E-state index in [1.165, 1.54) is 23.7 Å². The molecule has 4 nitrogen and oxygen atoms in total. The van der Waals surface area contributed by atoms with Crippen molar-refractivity contribution in [2.24, 2.45) is 5.92 Å². The Morgan fingerprint density at radius 2 is 1.77 bits per heavy atom. The zero-order valence-electron chi connectivity index (χ0n) is 15.6. The lowest BCUT2D eigenvalue weighted by Gasteiger charge is -2.32. The molecule has 2 heterocycles. The number of benzene rings is 1. The molecule has 0 bridgehead atoms. The highest BCUT2D eigenvalue weighted by atomic mass is 32.2. The topological polar surface area (TPSA) is 46.1 Å². The van der Waals surface area contributed by atoms with Crippen LogP contribution >= 0.6 is 11.8 Å². The van der Waals surface area contributed by atoms with Crippen LogP contribution in [-0.2, 0) is 11.2 Å². The van der Waals surface area contributed by atoms with Crippen LogP contribution in [0, 0.1) is 19.8 Å². The molecule has 0 saturated carbocycles. The first-order chi connectivity index (χ1) is 12.6. The van der Waals surface area contributed by atoms with E-state index in [9.17, 15) is 4.79 Å². The Balaban J connectivity index is 1.40. The average Bonchev–Trinajstić information content (AvgIpc) is 2.65. The molecule has 1 saturated heterocycles. The number of likely N-dealkylation sites (tertiary alicyclic amines) is 1. The second-order valence-electron chi connectivity index (χ2n) is 7.07. The predicted octanol–water partition coefficient (Wildman–Crippen LogP) is 4.06. The van der Waals surface area contributed by atoms with Crippen molar-refractivity contribution in [3.05, 3.63) is 53.3 Å². The van der Waals surface area contributed by atoms with Crippen LogP contribution in [0.5, 0.6) is 0 Å². The highest BCUT2D eigenvalue weighted by Crippen LogP contribution is 2.23. The number of nitrogens with zero attached hydrogens (tertiary/aromatic N) is 3. The molecule has 1 aromatic heterocycles. The van der Waals surface area contributed by atoms with Gasteiger partial charge in [0.2, 0.25) is 5.91 Å². The molecule has 0 radical (unpaired) electrons. The maximum atomic E-state index is 12.5. The van der Waals surface area contributed by atoms with E-state index in [4.69, 9.17) is 0 Å². The second kappa shape index (κ2) is 9.17. The Labute approximate surface area is 160 Å². The Morgan fingerprint density at radius 3 is 2.42 bits per heavy atom. The summed E-state index contributed by atoms with van der Waals surface area (Å²) in [5.74, 6) is 1.37. The number of piperidine rings is 1. The molecule has 0 aliphatic carbocycles. The number of aromatic nitrogens is 2. The van der Waals surface area contributed by atoms with Gasteiger partial charge in [-0.2, -0.15) is 0 Å². The van der Waals surface area contributed by atoms with E-state index in [1.54, 1.807) is 0 Å². The average molecular weight is 370 g/mol. The van der Waals surface area contributed by atoms with Crippen LogP contribution < -0.4 is 0 Å². The Morgan fingerprint density at radius 1 is 1.12 bits per heavy atom. The summed E-state index contributed by atoms with van der Waals surface area (Å²) in [6.07, 6.45) is 4.59. The molecular weight excluding hydrogens is 342 g/mol. The summed E-state index contributed by atoms with van der Waals surface area (Å²) >= 11 is 1.45. The van der Waals surface area contributed by atoms with Crippen LogP contribution in [0.25, 0.3) is 0 Å². The van der Waals surface area contributed by atoms with Gasteiger partial charge in [0.1, 0.15) is 0 Å². The number of aryl methyl sites for hydroxylation is 3. The van der Waals surface area contributed by atoms with Gasteiger partial charge in [0, 0.05) is 24.5 Å². The first-order valence-electron chi connectivity index (χ1n) is 9.37. The molecular formula is C21H27N3OS. The minimum Gasteiger partial charge on any atom is -0.342 e. The number of rotatable bonds is 6. The number of amides is 1. The van der Waals surface area contributed by atoms with Crippen molar-refractivity contribution in [1.29, 1.82) is 0 Å². The van der Waals surface area contributed by atoms with Crippen molar-refractivity contribution >= 4 is 17.7 Å². The van der Waals surface area contributed by atoms with Crippen LogP contribution in [-0.4, -0.2) is 39.6 Å². The molecule has 1 amide bonds. The van der Waals surface area contributed by atoms with Crippen LogP contribution in [0.1, 0.15) is 36.2 Å². The lowest BCUT2D eigenvalue weighted by molar-refractivity contribution is -0.129. The van der Waals surface area contributed by atoms with Crippen LogP contribution in [0.4, 0.5) is 0 Å². The van der Waals surface area contributed by atoms with Crippen molar-refractivity contribution < 1.29 is 4.79 Å². The Hall–Kier alpha value is -1.88. The summed E-state index contributed by atoms with van der Waals surface area (Å²) in [6.45, 7) is 5.68. The standard InChI is InChI=1S/C21H27N3OS/c1-16-14-17(2)23-21(22-16)26-15-20(25)24-12-10-19(11-13-24)9-8-18-6-4-3-5-7-18/h3-7,14,19H,8-13,15H2,1-2H3. The monoisotopic (exact) mass is 369 g/mol. The van der Waals surface area contributed by atoms with Crippen LogP contribution in [0.3, 0.4) is 0 Å². The van der Waals surface area contributed by atoms with E-state index in [0.29, 0.717) is 10.9 Å². The fourth-order valence-corrected chi connectivity index (χ4v) is 4.31. The molecule has 3 rings (SSSR count). The maximum Gasteiger partial charge on any atom is 0.233 e. The molecule has 26 heavy (non-hydrogen) atoms. The molecule has 0 N–H and O–H groups in total. The molecule has 5 heteroatoms. The maximum absolute atomic E-state index is 12.5. The van der Waals surface area contributed by atoms with Gasteiger partial charge in [-0.25, -0.2) is 9.97 Å². The van der Waals surface area contributed by atoms with Gasteiger partial charge in [-0.05, 0) is 57.1 Å². The first-order valence-corrected chi connectivity index (χ1v) is 10.4. The van der Waals surface area contributed by atoms with E-state index in [1.807, 2.05) is 24.8 Å². The number of carbonyl (C=O) groups is 1. The Bertz CT molecular complexity index is 707. The van der Waals surface area contributed by atoms with Crippen molar-refractivity contribution in [3.63, 3.8) is 0 Å². The summed E-state index contributed by atoms with van der Waals surface area (Å²) in [5, 5.41) is 0.702. The summed E-state index contributed by atoms with van der Waals surface area (Å²) < 4.78 is 0. The third-order valence-electron chi connectivity index (χ3n) is 4.94.